The highest BCUT2D eigenvalue weighted by atomic mass is 19.4. The maximum atomic E-state index is 14.7. The van der Waals surface area contributed by atoms with Gasteiger partial charge < -0.3 is 10.1 Å². The lowest BCUT2D eigenvalue weighted by atomic mass is 9.89. The molecule has 3 aromatic rings. The van der Waals surface area contributed by atoms with Gasteiger partial charge in [0.05, 0.1) is 29.8 Å². The highest BCUT2D eigenvalue weighted by molar-refractivity contribution is 5.76. The van der Waals surface area contributed by atoms with Gasteiger partial charge in [-0.2, -0.15) is 39.5 Å². The molecule has 3 rings (SSSR count). The molecule has 0 radical (unpaired) electrons. The van der Waals surface area contributed by atoms with Gasteiger partial charge in [0.2, 0.25) is 6.41 Å². The zero-order valence-corrected chi connectivity index (χ0v) is 23.8. The van der Waals surface area contributed by atoms with Crippen LogP contribution in [0, 0.1) is 5.82 Å². The zero-order valence-electron chi connectivity index (χ0n) is 23.8. The second-order valence-corrected chi connectivity index (χ2v) is 10.5. The van der Waals surface area contributed by atoms with E-state index >= 15 is 0 Å². The van der Waals surface area contributed by atoms with Crippen molar-refractivity contribution in [1.29, 1.82) is 0 Å². The van der Waals surface area contributed by atoms with E-state index in [9.17, 15) is 48.7 Å². The first-order chi connectivity index (χ1) is 20.3. The molecule has 1 atom stereocenters. The molecule has 0 saturated carbocycles. The number of hydrogen-bond donors (Lipinski definition) is 1. The van der Waals surface area contributed by atoms with E-state index in [2.05, 4.69) is 5.32 Å². The van der Waals surface area contributed by atoms with Crippen molar-refractivity contribution >= 4 is 6.41 Å². The smallest absolute Gasteiger partial charge is 0.416 e. The molecular weight excluding hydrogens is 610 g/mol. The topological polar surface area (TPSA) is 41.6 Å². The summed E-state index contributed by atoms with van der Waals surface area (Å²) in [5.41, 5.74) is -4.05. The van der Waals surface area contributed by atoms with Gasteiger partial charge in [-0.1, -0.05) is 19.9 Å². The van der Waals surface area contributed by atoms with Gasteiger partial charge in [0.25, 0.3) is 0 Å². The minimum absolute atomic E-state index is 0.0172. The Kier molecular flexibility index (Phi) is 10.3. The van der Waals surface area contributed by atoms with E-state index in [4.69, 9.17) is 4.74 Å². The van der Waals surface area contributed by atoms with E-state index in [1.165, 1.54) is 25.1 Å². The summed E-state index contributed by atoms with van der Waals surface area (Å²) in [4.78, 5) is 12.9. The zero-order chi connectivity index (χ0) is 33.2. The SMILES string of the molecule is COc1cc(F)c(C(C)C)cc1-c1ccc(C(F)(F)F)cc1C(CN(C)Cc1cc(C(F)(F)F)cc(C(F)(F)F)c1)NC=O. The molecule has 14 heteroatoms. The summed E-state index contributed by atoms with van der Waals surface area (Å²) in [5, 5.41) is 2.40. The molecule has 0 bridgehead atoms. The third-order valence-corrected chi connectivity index (χ3v) is 6.85. The summed E-state index contributed by atoms with van der Waals surface area (Å²) >= 11 is 0. The molecule has 4 nitrogen and oxygen atoms in total. The lowest BCUT2D eigenvalue weighted by Crippen LogP contribution is -2.33. The minimum Gasteiger partial charge on any atom is -0.496 e. The van der Waals surface area contributed by atoms with E-state index in [0.29, 0.717) is 12.1 Å². The van der Waals surface area contributed by atoms with Gasteiger partial charge in [-0.3, -0.25) is 9.69 Å². The Balaban J connectivity index is 2.13. The van der Waals surface area contributed by atoms with Gasteiger partial charge in [-0.15, -0.1) is 0 Å². The van der Waals surface area contributed by atoms with Crippen molar-refractivity contribution in [2.24, 2.45) is 0 Å². The molecule has 0 aliphatic carbocycles. The van der Waals surface area contributed by atoms with Crippen molar-refractivity contribution in [2.45, 2.75) is 50.9 Å². The first kappa shape index (κ1) is 34.7. The molecular formula is C30H28F10N2O2. The van der Waals surface area contributed by atoms with Gasteiger partial charge in [0, 0.05) is 24.7 Å². The summed E-state index contributed by atoms with van der Waals surface area (Å²) in [6, 6.07) is 4.99. The number of nitrogens with one attached hydrogen (secondary N) is 1. The van der Waals surface area contributed by atoms with Crippen molar-refractivity contribution < 1.29 is 53.4 Å². The fraction of sp³-hybridized carbons (Fsp3) is 0.367. The van der Waals surface area contributed by atoms with Crippen LogP contribution in [0.3, 0.4) is 0 Å². The van der Waals surface area contributed by atoms with Gasteiger partial charge in [-0.25, -0.2) is 4.39 Å². The third kappa shape index (κ3) is 8.21. The predicted octanol–water partition coefficient (Wildman–Crippen LogP) is 8.60. The first-order valence-electron chi connectivity index (χ1n) is 13.0. The Morgan fingerprint density at radius 3 is 1.84 bits per heavy atom. The van der Waals surface area contributed by atoms with Gasteiger partial charge in [0.15, 0.2) is 0 Å². The molecule has 0 aliphatic rings. The van der Waals surface area contributed by atoms with Crippen molar-refractivity contribution in [2.75, 3.05) is 20.7 Å². The number of halogens is 10. The molecule has 44 heavy (non-hydrogen) atoms. The first-order valence-corrected chi connectivity index (χ1v) is 13.0. The largest absolute Gasteiger partial charge is 0.496 e. The fourth-order valence-electron chi connectivity index (χ4n) is 4.79. The lowest BCUT2D eigenvalue weighted by Gasteiger charge is -2.27. The van der Waals surface area contributed by atoms with Gasteiger partial charge in [0.1, 0.15) is 11.6 Å². The number of ether oxygens (including phenoxy) is 1. The molecule has 0 saturated heterocycles. The molecule has 0 aromatic heterocycles. The van der Waals surface area contributed by atoms with Crippen LogP contribution < -0.4 is 10.1 Å². The Bertz CT molecular complexity index is 1450. The summed E-state index contributed by atoms with van der Waals surface area (Å²) < 4.78 is 141. The number of hydrogen-bond acceptors (Lipinski definition) is 3. The summed E-state index contributed by atoms with van der Waals surface area (Å²) in [6.45, 7) is 2.57. The Morgan fingerprint density at radius 2 is 1.36 bits per heavy atom. The van der Waals surface area contributed by atoms with E-state index in [0.717, 1.165) is 24.3 Å². The van der Waals surface area contributed by atoms with Crippen LogP contribution in [0.5, 0.6) is 5.75 Å². The van der Waals surface area contributed by atoms with Gasteiger partial charge >= 0.3 is 18.5 Å². The van der Waals surface area contributed by atoms with E-state index < -0.39 is 53.6 Å². The molecule has 0 spiro atoms. The molecule has 1 unspecified atom stereocenters. The number of alkyl halides is 9. The standard InChI is InChI=1S/C30H28F10N2O2/c1-16(2)22-11-24(27(44-4)12-25(22)31)21-6-5-18(28(32,33)34)10-23(21)26(41-15-43)14-42(3)13-17-7-19(29(35,36)37)9-20(8-17)30(38,39)40/h5-12,15-16,26H,13-14H2,1-4H3,(H,41,43). The summed E-state index contributed by atoms with van der Waals surface area (Å²) in [6.07, 6.45) is -14.8. The van der Waals surface area contributed by atoms with Crippen LogP contribution in [0.1, 0.15) is 59.2 Å². The Hall–Kier alpha value is -3.81. The van der Waals surface area contributed by atoms with Crippen LogP contribution in [0.4, 0.5) is 43.9 Å². The summed E-state index contributed by atoms with van der Waals surface area (Å²) in [7, 11) is 2.55. The second kappa shape index (κ2) is 13.0. The number of nitrogens with zero attached hydrogens (tertiary/aromatic N) is 1. The van der Waals surface area contributed by atoms with Crippen molar-refractivity contribution in [3.63, 3.8) is 0 Å². The number of amides is 1. The number of likely N-dealkylation sites (N-methyl/N-ethyl adjacent to an activating group) is 1. The Morgan fingerprint density at radius 1 is 0.795 bits per heavy atom. The quantitative estimate of drug-likeness (QED) is 0.179. The maximum absolute atomic E-state index is 14.7. The molecule has 240 valence electrons. The highest BCUT2D eigenvalue weighted by Crippen LogP contribution is 2.41. The van der Waals surface area contributed by atoms with Crippen LogP contribution >= 0.6 is 0 Å². The predicted molar refractivity (Wildman–Crippen MR) is 142 cm³/mol. The number of benzene rings is 3. The molecule has 0 fully saturated rings. The van der Waals surface area contributed by atoms with Crippen LogP contribution in [-0.4, -0.2) is 32.0 Å². The van der Waals surface area contributed by atoms with Crippen LogP contribution in [-0.2, 0) is 29.9 Å². The molecule has 1 amide bonds. The highest BCUT2D eigenvalue weighted by Gasteiger charge is 2.37. The average molecular weight is 639 g/mol. The van der Waals surface area contributed by atoms with Crippen LogP contribution in [0.25, 0.3) is 11.1 Å². The molecule has 3 aromatic carbocycles. The second-order valence-electron chi connectivity index (χ2n) is 10.5. The van der Waals surface area contributed by atoms with Crippen LogP contribution in [0.15, 0.2) is 48.5 Å². The normalized spacial score (nSPS) is 13.4. The minimum atomic E-state index is -5.08. The van der Waals surface area contributed by atoms with Gasteiger partial charge in [-0.05, 0) is 71.6 Å². The maximum Gasteiger partial charge on any atom is 0.416 e. The number of rotatable bonds is 10. The summed E-state index contributed by atoms with van der Waals surface area (Å²) in [5.74, 6) is -0.966. The lowest BCUT2D eigenvalue weighted by molar-refractivity contribution is -0.143. The van der Waals surface area contributed by atoms with Crippen molar-refractivity contribution in [1.82, 2.24) is 10.2 Å². The van der Waals surface area contributed by atoms with E-state index in [1.54, 1.807) is 13.8 Å². The van der Waals surface area contributed by atoms with E-state index in [-0.39, 0.29) is 58.5 Å². The third-order valence-electron chi connectivity index (χ3n) is 6.85. The van der Waals surface area contributed by atoms with E-state index in [1.807, 2.05) is 0 Å². The number of carbonyl (C=O) groups excluding carboxylic acids is 1. The molecule has 0 aliphatic heterocycles. The number of carbonyl (C=O) groups is 1. The molecule has 1 N–H and O–H groups in total. The van der Waals surface area contributed by atoms with Crippen molar-refractivity contribution in [3.8, 4) is 16.9 Å². The fourth-order valence-corrected chi connectivity index (χ4v) is 4.79. The monoisotopic (exact) mass is 638 g/mol. The molecule has 0 heterocycles. The average Bonchev–Trinajstić information content (AvgIpc) is 2.90. The Labute approximate surface area is 246 Å². The van der Waals surface area contributed by atoms with Crippen molar-refractivity contribution in [3.05, 3.63) is 87.7 Å². The number of methoxy groups -OCH3 is 1. The van der Waals surface area contributed by atoms with Crippen LogP contribution in [0.2, 0.25) is 0 Å².